The van der Waals surface area contributed by atoms with E-state index in [0.717, 1.165) is 12.8 Å². The van der Waals surface area contributed by atoms with Gasteiger partial charge in [0.2, 0.25) is 0 Å². The number of amides is 1. The lowest BCUT2D eigenvalue weighted by molar-refractivity contribution is -0.144. The fourth-order valence-electron chi connectivity index (χ4n) is 3.73. The molecule has 0 aliphatic carbocycles. The molecule has 0 aromatic heterocycles. The number of hydrogen-bond donors (Lipinski definition) is 1. The van der Waals surface area contributed by atoms with Crippen molar-refractivity contribution < 1.29 is 9.53 Å². The molecule has 0 radical (unpaired) electrons. The Morgan fingerprint density at radius 1 is 1.00 bits per heavy atom. The van der Waals surface area contributed by atoms with Gasteiger partial charge in [0.15, 0.2) is 0 Å². The van der Waals surface area contributed by atoms with Crippen LogP contribution in [0.4, 0.5) is 0 Å². The largest absolute Gasteiger partial charge is 0.364 e. The topological polar surface area (TPSA) is 55.6 Å². The first kappa shape index (κ1) is 17.9. The van der Waals surface area contributed by atoms with E-state index in [4.69, 9.17) is 10.5 Å². The van der Waals surface area contributed by atoms with Crippen LogP contribution in [0.25, 0.3) is 11.1 Å². The van der Waals surface area contributed by atoms with Gasteiger partial charge in [0.25, 0.3) is 5.91 Å². The number of nitrogens with two attached hydrogens (primary N) is 1. The van der Waals surface area contributed by atoms with Gasteiger partial charge in [0.1, 0.15) is 6.10 Å². The second-order valence-electron chi connectivity index (χ2n) is 6.57. The summed E-state index contributed by atoms with van der Waals surface area (Å²) in [6.45, 7) is 1.73. The van der Waals surface area contributed by atoms with E-state index in [9.17, 15) is 4.79 Å². The SMILES string of the molecule is Cl.NC[C@H]1CC[C@@H](C(=O)N2Cc3ccccc3-c3ccccc3C2)O1. The Kier molecular flexibility index (Phi) is 5.42. The Hall–Kier alpha value is -1.88. The molecule has 1 amide bonds. The smallest absolute Gasteiger partial charge is 0.252 e. The van der Waals surface area contributed by atoms with Crippen molar-refractivity contribution in [3.05, 3.63) is 59.7 Å². The van der Waals surface area contributed by atoms with Crippen LogP contribution in [0.5, 0.6) is 0 Å². The summed E-state index contributed by atoms with van der Waals surface area (Å²) in [5.74, 6) is 0.0810. The Labute approximate surface area is 154 Å². The number of hydrogen-bond acceptors (Lipinski definition) is 3. The van der Waals surface area contributed by atoms with Crippen molar-refractivity contribution in [1.82, 2.24) is 4.90 Å². The third-order valence-electron chi connectivity index (χ3n) is 5.00. The molecule has 0 bridgehead atoms. The number of ether oxygens (including phenoxy) is 1. The third-order valence-corrected chi connectivity index (χ3v) is 5.00. The first-order valence-electron chi connectivity index (χ1n) is 8.57. The van der Waals surface area contributed by atoms with Crippen LogP contribution < -0.4 is 5.73 Å². The lowest BCUT2D eigenvalue weighted by Gasteiger charge is -2.25. The Balaban J connectivity index is 0.00000182. The molecule has 2 aliphatic heterocycles. The average Bonchev–Trinajstić information content (AvgIpc) is 3.04. The second kappa shape index (κ2) is 7.56. The number of carbonyl (C=O) groups excluding carboxylic acids is 1. The third kappa shape index (κ3) is 3.43. The van der Waals surface area contributed by atoms with Crippen molar-refractivity contribution in [2.45, 2.75) is 38.1 Å². The Morgan fingerprint density at radius 2 is 1.56 bits per heavy atom. The predicted octanol–water partition coefficient (Wildman–Crippen LogP) is 3.12. The van der Waals surface area contributed by atoms with Crippen molar-refractivity contribution in [3.63, 3.8) is 0 Å². The monoisotopic (exact) mass is 358 g/mol. The van der Waals surface area contributed by atoms with Crippen LogP contribution in [-0.4, -0.2) is 29.6 Å². The summed E-state index contributed by atoms with van der Waals surface area (Å²) in [7, 11) is 0. The first-order valence-corrected chi connectivity index (χ1v) is 8.57. The van der Waals surface area contributed by atoms with Crippen molar-refractivity contribution in [2.24, 2.45) is 5.73 Å². The highest BCUT2D eigenvalue weighted by atomic mass is 35.5. The molecule has 25 heavy (non-hydrogen) atoms. The van der Waals surface area contributed by atoms with E-state index in [1.54, 1.807) is 0 Å². The van der Waals surface area contributed by atoms with Crippen LogP contribution in [-0.2, 0) is 22.6 Å². The minimum atomic E-state index is -0.351. The van der Waals surface area contributed by atoms with Crippen LogP contribution in [0.15, 0.2) is 48.5 Å². The Morgan fingerprint density at radius 3 is 2.08 bits per heavy atom. The molecule has 2 heterocycles. The molecular weight excluding hydrogens is 336 g/mol. The molecule has 0 spiro atoms. The number of fused-ring (bicyclic) bond motifs is 3. The first-order chi connectivity index (χ1) is 11.8. The van der Waals surface area contributed by atoms with Gasteiger partial charge in [-0.05, 0) is 35.1 Å². The molecule has 1 saturated heterocycles. The molecule has 132 valence electrons. The highest BCUT2D eigenvalue weighted by Gasteiger charge is 2.34. The highest BCUT2D eigenvalue weighted by molar-refractivity contribution is 5.85. The maximum Gasteiger partial charge on any atom is 0.252 e. The molecule has 2 aliphatic rings. The van der Waals surface area contributed by atoms with Gasteiger partial charge >= 0.3 is 0 Å². The maximum atomic E-state index is 13.0. The summed E-state index contributed by atoms with van der Waals surface area (Å²) in [6, 6.07) is 16.7. The maximum absolute atomic E-state index is 13.0. The van der Waals surface area contributed by atoms with Gasteiger partial charge in [0.05, 0.1) is 6.10 Å². The molecular formula is C20H23ClN2O2. The molecule has 4 nitrogen and oxygen atoms in total. The lowest BCUT2D eigenvalue weighted by atomic mass is 9.97. The van der Waals surface area contributed by atoms with E-state index >= 15 is 0 Å². The number of benzene rings is 2. The van der Waals surface area contributed by atoms with E-state index in [1.165, 1.54) is 22.3 Å². The van der Waals surface area contributed by atoms with E-state index < -0.39 is 0 Å². The van der Waals surface area contributed by atoms with E-state index in [-0.39, 0.29) is 30.5 Å². The summed E-state index contributed by atoms with van der Waals surface area (Å²) in [4.78, 5) is 14.9. The molecule has 0 unspecified atom stereocenters. The van der Waals surface area contributed by atoms with Crippen LogP contribution in [0.2, 0.25) is 0 Å². The van der Waals surface area contributed by atoms with E-state index in [0.29, 0.717) is 19.6 Å². The zero-order chi connectivity index (χ0) is 16.5. The Bertz CT molecular complexity index is 717. The number of rotatable bonds is 2. The van der Waals surface area contributed by atoms with Crippen molar-refractivity contribution in [1.29, 1.82) is 0 Å². The number of nitrogens with zero attached hydrogens (tertiary/aromatic N) is 1. The normalized spacial score (nSPS) is 21.7. The summed E-state index contributed by atoms with van der Waals surface area (Å²) < 4.78 is 5.83. The van der Waals surface area contributed by atoms with Crippen LogP contribution in [0, 0.1) is 0 Å². The van der Waals surface area contributed by atoms with Crippen molar-refractivity contribution >= 4 is 18.3 Å². The molecule has 5 heteroatoms. The lowest BCUT2D eigenvalue weighted by Crippen LogP contribution is -2.38. The van der Waals surface area contributed by atoms with Gasteiger partial charge in [-0.1, -0.05) is 48.5 Å². The van der Waals surface area contributed by atoms with Gasteiger partial charge < -0.3 is 15.4 Å². The second-order valence-corrected chi connectivity index (χ2v) is 6.57. The van der Waals surface area contributed by atoms with Crippen LogP contribution in [0.3, 0.4) is 0 Å². The van der Waals surface area contributed by atoms with Gasteiger partial charge in [0, 0.05) is 19.6 Å². The zero-order valence-corrected chi connectivity index (χ0v) is 14.9. The van der Waals surface area contributed by atoms with E-state index in [2.05, 4.69) is 36.4 Å². The van der Waals surface area contributed by atoms with Gasteiger partial charge in [-0.25, -0.2) is 0 Å². The molecule has 2 N–H and O–H groups in total. The highest BCUT2D eigenvalue weighted by Crippen LogP contribution is 2.33. The fourth-order valence-corrected chi connectivity index (χ4v) is 3.73. The standard InChI is InChI=1S/C20H22N2O2.ClH/c21-11-16-9-10-19(24-16)20(23)22-12-14-5-1-3-7-17(14)18-8-4-2-6-15(18)13-22;/h1-8,16,19H,9-13,21H2;1H/t16-,19+;/m1./s1. The molecule has 2 aromatic rings. The molecule has 4 rings (SSSR count). The zero-order valence-electron chi connectivity index (χ0n) is 14.1. The average molecular weight is 359 g/mol. The number of carbonyl (C=O) groups is 1. The molecule has 2 atom stereocenters. The van der Waals surface area contributed by atoms with Crippen molar-refractivity contribution in [3.8, 4) is 11.1 Å². The van der Waals surface area contributed by atoms with Gasteiger partial charge in [-0.2, -0.15) is 0 Å². The van der Waals surface area contributed by atoms with Gasteiger partial charge in [-0.3, -0.25) is 4.79 Å². The number of halogens is 1. The minimum Gasteiger partial charge on any atom is -0.364 e. The molecule has 2 aromatic carbocycles. The summed E-state index contributed by atoms with van der Waals surface area (Å²) in [5, 5.41) is 0. The van der Waals surface area contributed by atoms with Crippen molar-refractivity contribution in [2.75, 3.05) is 6.54 Å². The van der Waals surface area contributed by atoms with Gasteiger partial charge in [-0.15, -0.1) is 12.4 Å². The molecule has 0 saturated carbocycles. The molecule has 1 fully saturated rings. The summed E-state index contributed by atoms with van der Waals surface area (Å²) in [5.41, 5.74) is 10.5. The summed E-state index contributed by atoms with van der Waals surface area (Å²) >= 11 is 0. The van der Waals surface area contributed by atoms with E-state index in [1.807, 2.05) is 17.0 Å². The quantitative estimate of drug-likeness (QED) is 0.897. The van der Waals surface area contributed by atoms with Crippen LogP contribution in [0.1, 0.15) is 24.0 Å². The van der Waals surface area contributed by atoms with Crippen LogP contribution >= 0.6 is 12.4 Å². The predicted molar refractivity (Wildman–Crippen MR) is 100 cm³/mol. The summed E-state index contributed by atoms with van der Waals surface area (Å²) in [6.07, 6.45) is 1.30. The minimum absolute atomic E-state index is 0. The fraction of sp³-hybridized carbons (Fsp3) is 0.350.